The van der Waals surface area contributed by atoms with Crippen molar-refractivity contribution in [2.75, 3.05) is 31.1 Å². The lowest BCUT2D eigenvalue weighted by molar-refractivity contribution is 0.0746. The number of anilines is 1. The van der Waals surface area contributed by atoms with Crippen molar-refractivity contribution < 1.29 is 13.6 Å². The summed E-state index contributed by atoms with van der Waals surface area (Å²) in [7, 11) is 0. The summed E-state index contributed by atoms with van der Waals surface area (Å²) in [5.41, 5.74) is 0.164. The Morgan fingerprint density at radius 2 is 1.89 bits per heavy atom. The molecule has 0 saturated carbocycles. The molecule has 1 aliphatic rings. The Morgan fingerprint density at radius 3 is 2.59 bits per heavy atom. The van der Waals surface area contributed by atoms with Crippen LogP contribution < -0.4 is 4.90 Å². The van der Waals surface area contributed by atoms with E-state index >= 15 is 0 Å². The van der Waals surface area contributed by atoms with E-state index in [2.05, 4.69) is 27.9 Å². The van der Waals surface area contributed by atoms with Gasteiger partial charge >= 0.3 is 0 Å². The van der Waals surface area contributed by atoms with Gasteiger partial charge in [0, 0.05) is 36.6 Å². The van der Waals surface area contributed by atoms with Crippen molar-refractivity contribution in [3.05, 3.63) is 52.7 Å². The van der Waals surface area contributed by atoms with Gasteiger partial charge in [0.1, 0.15) is 17.0 Å². The van der Waals surface area contributed by atoms with Crippen LogP contribution in [0.5, 0.6) is 0 Å². The number of thiophene rings is 1. The van der Waals surface area contributed by atoms with E-state index in [4.69, 9.17) is 0 Å². The van der Waals surface area contributed by atoms with Gasteiger partial charge in [0.25, 0.3) is 5.91 Å². The molecule has 1 amide bonds. The predicted octanol–water partition coefficient (Wildman–Crippen LogP) is 3.49. The highest BCUT2D eigenvalue weighted by Crippen LogP contribution is 2.31. The van der Waals surface area contributed by atoms with E-state index in [-0.39, 0.29) is 11.5 Å². The van der Waals surface area contributed by atoms with E-state index in [1.807, 2.05) is 0 Å². The van der Waals surface area contributed by atoms with E-state index in [1.54, 1.807) is 22.6 Å². The largest absolute Gasteiger partial charge is 0.352 e. The Kier molecular flexibility index (Phi) is 4.73. The summed E-state index contributed by atoms with van der Waals surface area (Å²) in [6.45, 7) is 4.35. The van der Waals surface area contributed by atoms with Crippen LogP contribution >= 0.6 is 11.3 Å². The highest BCUT2D eigenvalue weighted by molar-refractivity contribution is 7.18. The van der Waals surface area contributed by atoms with Crippen LogP contribution in [0.2, 0.25) is 0 Å². The molecule has 2 aromatic heterocycles. The standard InChI is InChI=1S/C19H18F2N4OS/c1-2-13-10-14-17(22-11-23-18(14)27-13)24-5-7-25(8-6-24)19(26)12-3-4-15(20)16(21)9-12/h3-4,9-11H,2,5-8H2,1H3. The first-order valence-electron chi connectivity index (χ1n) is 8.79. The molecule has 0 radical (unpaired) electrons. The van der Waals surface area contributed by atoms with Gasteiger partial charge in [0.15, 0.2) is 11.6 Å². The van der Waals surface area contributed by atoms with Crippen molar-refractivity contribution in [3.63, 3.8) is 0 Å². The van der Waals surface area contributed by atoms with Crippen LogP contribution in [0, 0.1) is 11.6 Å². The molecule has 4 rings (SSSR count). The molecular weight excluding hydrogens is 370 g/mol. The molecule has 27 heavy (non-hydrogen) atoms. The van der Waals surface area contributed by atoms with Gasteiger partial charge in [-0.3, -0.25) is 4.79 Å². The molecule has 5 nitrogen and oxygen atoms in total. The summed E-state index contributed by atoms with van der Waals surface area (Å²) >= 11 is 1.67. The van der Waals surface area contributed by atoms with Crippen LogP contribution in [0.4, 0.5) is 14.6 Å². The van der Waals surface area contributed by atoms with Gasteiger partial charge < -0.3 is 9.80 Å². The minimum absolute atomic E-state index is 0.164. The van der Waals surface area contributed by atoms with Crippen molar-refractivity contribution in [1.29, 1.82) is 0 Å². The first-order chi connectivity index (χ1) is 13.1. The fourth-order valence-corrected chi connectivity index (χ4v) is 4.18. The third-order valence-corrected chi connectivity index (χ3v) is 5.93. The topological polar surface area (TPSA) is 49.3 Å². The smallest absolute Gasteiger partial charge is 0.254 e. The lowest BCUT2D eigenvalue weighted by Crippen LogP contribution is -2.49. The van der Waals surface area contributed by atoms with Crippen molar-refractivity contribution in [1.82, 2.24) is 14.9 Å². The summed E-state index contributed by atoms with van der Waals surface area (Å²) in [6, 6.07) is 5.39. The molecule has 0 atom stereocenters. The SMILES string of the molecule is CCc1cc2c(N3CCN(C(=O)c4ccc(F)c(F)c4)CC3)ncnc2s1. The fraction of sp³-hybridized carbons (Fsp3) is 0.316. The number of benzene rings is 1. The molecule has 0 N–H and O–H groups in total. The number of nitrogens with zero attached hydrogens (tertiary/aromatic N) is 4. The number of amides is 1. The molecule has 140 valence electrons. The van der Waals surface area contributed by atoms with Gasteiger partial charge in [-0.05, 0) is 30.7 Å². The number of hydrogen-bond acceptors (Lipinski definition) is 5. The van der Waals surface area contributed by atoms with E-state index in [1.165, 1.54) is 10.9 Å². The number of fused-ring (bicyclic) bond motifs is 1. The second-order valence-electron chi connectivity index (χ2n) is 6.39. The fourth-order valence-electron chi connectivity index (χ4n) is 3.25. The number of halogens is 2. The van der Waals surface area contributed by atoms with Gasteiger partial charge in [-0.25, -0.2) is 18.7 Å². The van der Waals surface area contributed by atoms with Crippen LogP contribution in [-0.4, -0.2) is 47.0 Å². The first kappa shape index (κ1) is 17.8. The maximum absolute atomic E-state index is 13.4. The zero-order valence-corrected chi connectivity index (χ0v) is 15.6. The van der Waals surface area contributed by atoms with Crippen LogP contribution in [0.15, 0.2) is 30.6 Å². The van der Waals surface area contributed by atoms with Gasteiger partial charge in [-0.2, -0.15) is 0 Å². The van der Waals surface area contributed by atoms with Crippen LogP contribution in [0.1, 0.15) is 22.2 Å². The highest BCUT2D eigenvalue weighted by atomic mass is 32.1. The Hall–Kier alpha value is -2.61. The number of piperazine rings is 1. The summed E-state index contributed by atoms with van der Waals surface area (Å²) in [4.78, 5) is 27.4. The predicted molar refractivity (Wildman–Crippen MR) is 101 cm³/mol. The second-order valence-corrected chi connectivity index (χ2v) is 7.51. The maximum atomic E-state index is 13.4. The first-order valence-corrected chi connectivity index (χ1v) is 9.61. The number of aromatic nitrogens is 2. The zero-order chi connectivity index (χ0) is 19.0. The van der Waals surface area contributed by atoms with Crippen LogP contribution in [0.3, 0.4) is 0 Å². The van der Waals surface area contributed by atoms with Gasteiger partial charge in [-0.15, -0.1) is 11.3 Å². The minimum Gasteiger partial charge on any atom is -0.352 e. The van der Waals surface area contributed by atoms with E-state index in [0.29, 0.717) is 26.2 Å². The monoisotopic (exact) mass is 388 g/mol. The molecular formula is C19H18F2N4OS. The van der Waals surface area contributed by atoms with Crippen molar-refractivity contribution in [2.24, 2.45) is 0 Å². The Bertz CT molecular complexity index is 999. The second kappa shape index (κ2) is 7.19. The lowest BCUT2D eigenvalue weighted by Gasteiger charge is -2.35. The number of carbonyl (C=O) groups excluding carboxylic acids is 1. The highest BCUT2D eigenvalue weighted by Gasteiger charge is 2.25. The average molecular weight is 388 g/mol. The van der Waals surface area contributed by atoms with Crippen molar-refractivity contribution >= 4 is 33.3 Å². The molecule has 1 aliphatic heterocycles. The zero-order valence-electron chi connectivity index (χ0n) is 14.8. The molecule has 0 bridgehead atoms. The molecule has 3 heterocycles. The summed E-state index contributed by atoms with van der Waals surface area (Å²) < 4.78 is 26.5. The van der Waals surface area contributed by atoms with Gasteiger partial charge in [0.2, 0.25) is 0 Å². The number of aryl methyl sites for hydroxylation is 1. The Balaban J connectivity index is 1.50. The van der Waals surface area contributed by atoms with Gasteiger partial charge in [0.05, 0.1) is 5.39 Å². The molecule has 1 saturated heterocycles. The summed E-state index contributed by atoms with van der Waals surface area (Å²) in [5, 5.41) is 1.04. The Morgan fingerprint density at radius 1 is 1.11 bits per heavy atom. The number of rotatable bonds is 3. The van der Waals surface area contributed by atoms with E-state index in [9.17, 15) is 13.6 Å². The molecule has 8 heteroatoms. The number of hydrogen-bond donors (Lipinski definition) is 0. The average Bonchev–Trinajstić information content (AvgIpc) is 3.13. The van der Waals surface area contributed by atoms with Gasteiger partial charge in [-0.1, -0.05) is 6.92 Å². The molecule has 3 aromatic rings. The van der Waals surface area contributed by atoms with Crippen molar-refractivity contribution in [2.45, 2.75) is 13.3 Å². The van der Waals surface area contributed by atoms with Crippen LogP contribution in [-0.2, 0) is 6.42 Å². The molecule has 0 unspecified atom stereocenters. The summed E-state index contributed by atoms with van der Waals surface area (Å²) in [5.74, 6) is -1.36. The van der Waals surface area contributed by atoms with Crippen molar-refractivity contribution in [3.8, 4) is 0 Å². The Labute approximate surface area is 159 Å². The molecule has 1 aromatic carbocycles. The maximum Gasteiger partial charge on any atom is 0.254 e. The third kappa shape index (κ3) is 3.37. The quantitative estimate of drug-likeness (QED) is 0.689. The van der Waals surface area contributed by atoms with Crippen LogP contribution in [0.25, 0.3) is 10.2 Å². The molecule has 0 spiro atoms. The lowest BCUT2D eigenvalue weighted by atomic mass is 10.1. The number of carbonyl (C=O) groups is 1. The third-order valence-electron chi connectivity index (χ3n) is 4.74. The minimum atomic E-state index is -1.01. The molecule has 1 fully saturated rings. The normalized spacial score (nSPS) is 14.8. The van der Waals surface area contributed by atoms with E-state index < -0.39 is 11.6 Å². The molecule has 0 aliphatic carbocycles. The van der Waals surface area contributed by atoms with E-state index in [0.717, 1.165) is 34.6 Å². The summed E-state index contributed by atoms with van der Waals surface area (Å²) in [6.07, 6.45) is 2.53.